The van der Waals surface area contributed by atoms with Gasteiger partial charge in [0.25, 0.3) is 0 Å². The van der Waals surface area contributed by atoms with Gasteiger partial charge in [-0.15, -0.1) is 5.10 Å². The number of H-pyrrole nitrogens is 1. The normalized spacial score (nSPS) is 18.3. The first-order valence-electron chi connectivity index (χ1n) is 7.08. The molecule has 3 rings (SSSR count). The number of tetrazole rings is 1. The van der Waals surface area contributed by atoms with E-state index >= 15 is 0 Å². The zero-order chi connectivity index (χ0) is 15.6. The molecular weight excluding hydrogens is 297 g/mol. The van der Waals surface area contributed by atoms with Gasteiger partial charge in [0.15, 0.2) is 17.4 Å². The summed E-state index contributed by atoms with van der Waals surface area (Å²) < 4.78 is 45.6. The number of alkyl halides is 2. The monoisotopic (exact) mass is 312 g/mol. The Kier molecular flexibility index (Phi) is 4.00. The molecule has 0 unspecified atom stereocenters. The fraction of sp³-hybridized carbons (Fsp3) is 0.500. The van der Waals surface area contributed by atoms with Crippen LogP contribution in [0.15, 0.2) is 18.2 Å². The van der Waals surface area contributed by atoms with Gasteiger partial charge in [-0.3, -0.25) is 0 Å². The highest BCUT2D eigenvalue weighted by molar-refractivity contribution is 5.55. The van der Waals surface area contributed by atoms with Crippen molar-refractivity contribution in [3.8, 4) is 17.1 Å². The third-order valence-electron chi connectivity index (χ3n) is 3.86. The van der Waals surface area contributed by atoms with Crippen LogP contribution in [0.2, 0.25) is 0 Å². The Labute approximate surface area is 124 Å². The van der Waals surface area contributed by atoms with Gasteiger partial charge in [0.2, 0.25) is 5.92 Å². The van der Waals surface area contributed by atoms with E-state index in [0.29, 0.717) is 24.2 Å². The Balaban J connectivity index is 1.59. The lowest BCUT2D eigenvalue weighted by Crippen LogP contribution is -2.27. The summed E-state index contributed by atoms with van der Waals surface area (Å²) in [5.74, 6) is -2.59. The number of rotatable bonds is 4. The molecule has 1 aliphatic rings. The molecule has 0 bridgehead atoms. The molecule has 1 fully saturated rings. The van der Waals surface area contributed by atoms with E-state index in [1.165, 1.54) is 12.1 Å². The first-order valence-corrected chi connectivity index (χ1v) is 7.08. The summed E-state index contributed by atoms with van der Waals surface area (Å²) in [7, 11) is 0. The predicted octanol–water partition coefficient (Wildman–Crippen LogP) is 3.21. The average Bonchev–Trinajstić information content (AvgIpc) is 3.01. The second-order valence-corrected chi connectivity index (χ2v) is 5.51. The lowest BCUT2D eigenvalue weighted by atomic mass is 9.87. The van der Waals surface area contributed by atoms with Gasteiger partial charge >= 0.3 is 0 Å². The molecule has 22 heavy (non-hydrogen) atoms. The lowest BCUT2D eigenvalue weighted by molar-refractivity contribution is -0.0499. The van der Waals surface area contributed by atoms with Gasteiger partial charge in [-0.05, 0) is 47.4 Å². The summed E-state index contributed by atoms with van der Waals surface area (Å²) in [6.45, 7) is 0.246. The quantitative estimate of drug-likeness (QED) is 0.941. The standard InChI is InChI=1S/C14H15F3N4O/c15-11-7-10(13-18-20-21-19-13)1-2-12(11)22-8-9-3-5-14(16,17)6-4-9/h1-2,7,9H,3-6,8H2,(H,18,19,20,21). The van der Waals surface area contributed by atoms with Gasteiger partial charge in [0, 0.05) is 18.4 Å². The van der Waals surface area contributed by atoms with Gasteiger partial charge < -0.3 is 4.74 Å². The molecule has 1 aromatic heterocycles. The fourth-order valence-electron chi connectivity index (χ4n) is 2.52. The lowest BCUT2D eigenvalue weighted by Gasteiger charge is -2.28. The number of halogens is 3. The summed E-state index contributed by atoms with van der Waals surface area (Å²) in [6, 6.07) is 4.40. The summed E-state index contributed by atoms with van der Waals surface area (Å²) in [5.41, 5.74) is 0.507. The first-order chi connectivity index (χ1) is 10.5. The van der Waals surface area contributed by atoms with Crippen molar-refractivity contribution in [2.75, 3.05) is 6.61 Å². The first kappa shape index (κ1) is 14.8. The average molecular weight is 312 g/mol. The number of hydrogen-bond donors (Lipinski definition) is 1. The van der Waals surface area contributed by atoms with Crippen molar-refractivity contribution in [2.24, 2.45) is 5.92 Å². The smallest absolute Gasteiger partial charge is 0.248 e. The van der Waals surface area contributed by atoms with Crippen molar-refractivity contribution in [3.05, 3.63) is 24.0 Å². The minimum atomic E-state index is -2.56. The molecule has 8 heteroatoms. The largest absolute Gasteiger partial charge is 0.490 e. The molecule has 1 aliphatic carbocycles. The summed E-state index contributed by atoms with van der Waals surface area (Å²) in [6.07, 6.45) is 0.550. The van der Waals surface area contributed by atoms with Crippen LogP contribution in [-0.4, -0.2) is 33.2 Å². The maximum Gasteiger partial charge on any atom is 0.248 e. The van der Waals surface area contributed by atoms with E-state index in [1.807, 2.05) is 0 Å². The molecule has 0 spiro atoms. The van der Waals surface area contributed by atoms with E-state index in [0.717, 1.165) is 0 Å². The van der Waals surface area contributed by atoms with Crippen LogP contribution in [0.1, 0.15) is 25.7 Å². The van der Waals surface area contributed by atoms with Gasteiger partial charge in [0.05, 0.1) is 6.61 Å². The predicted molar refractivity (Wildman–Crippen MR) is 72.0 cm³/mol. The van der Waals surface area contributed by atoms with Crippen molar-refractivity contribution in [2.45, 2.75) is 31.6 Å². The van der Waals surface area contributed by atoms with E-state index in [9.17, 15) is 13.2 Å². The molecule has 1 saturated carbocycles. The van der Waals surface area contributed by atoms with E-state index in [1.54, 1.807) is 6.07 Å². The molecule has 0 amide bonds. The Morgan fingerprint density at radius 3 is 2.68 bits per heavy atom. The van der Waals surface area contributed by atoms with E-state index < -0.39 is 11.7 Å². The molecule has 1 aromatic carbocycles. The number of aromatic amines is 1. The fourth-order valence-corrected chi connectivity index (χ4v) is 2.52. The second-order valence-electron chi connectivity index (χ2n) is 5.51. The maximum atomic E-state index is 14.0. The Morgan fingerprint density at radius 2 is 2.05 bits per heavy atom. The van der Waals surface area contributed by atoms with Gasteiger partial charge in [-0.25, -0.2) is 18.3 Å². The van der Waals surface area contributed by atoms with Crippen molar-refractivity contribution in [3.63, 3.8) is 0 Å². The number of nitrogens with one attached hydrogen (secondary N) is 1. The third kappa shape index (κ3) is 3.37. The van der Waals surface area contributed by atoms with E-state index in [-0.39, 0.29) is 31.1 Å². The molecule has 1 N–H and O–H groups in total. The van der Waals surface area contributed by atoms with Crippen molar-refractivity contribution < 1.29 is 17.9 Å². The van der Waals surface area contributed by atoms with Crippen LogP contribution in [0.25, 0.3) is 11.4 Å². The Morgan fingerprint density at radius 1 is 1.27 bits per heavy atom. The van der Waals surface area contributed by atoms with Crippen LogP contribution >= 0.6 is 0 Å². The number of hydrogen-bond acceptors (Lipinski definition) is 4. The maximum absolute atomic E-state index is 14.0. The highest BCUT2D eigenvalue weighted by Crippen LogP contribution is 2.36. The van der Waals surface area contributed by atoms with Crippen LogP contribution in [0, 0.1) is 11.7 Å². The molecule has 118 valence electrons. The minimum Gasteiger partial charge on any atom is -0.490 e. The summed E-state index contributed by atoms with van der Waals surface area (Å²) in [5, 5.41) is 13.1. The summed E-state index contributed by atoms with van der Waals surface area (Å²) in [4.78, 5) is 0. The molecule has 0 aliphatic heterocycles. The number of aromatic nitrogens is 4. The van der Waals surface area contributed by atoms with Crippen LogP contribution in [0.5, 0.6) is 5.75 Å². The van der Waals surface area contributed by atoms with E-state index in [2.05, 4.69) is 20.6 Å². The number of ether oxygens (including phenoxy) is 1. The minimum absolute atomic E-state index is 0.0391. The highest BCUT2D eigenvalue weighted by Gasteiger charge is 2.35. The van der Waals surface area contributed by atoms with Crippen LogP contribution < -0.4 is 4.74 Å². The van der Waals surface area contributed by atoms with E-state index in [4.69, 9.17) is 4.74 Å². The van der Waals surface area contributed by atoms with Gasteiger partial charge in [0.1, 0.15) is 0 Å². The number of benzene rings is 1. The van der Waals surface area contributed by atoms with Crippen molar-refractivity contribution in [1.82, 2.24) is 20.6 Å². The Hall–Kier alpha value is -2.12. The van der Waals surface area contributed by atoms with Crippen LogP contribution in [0.3, 0.4) is 0 Å². The molecule has 1 heterocycles. The number of nitrogens with zero attached hydrogens (tertiary/aromatic N) is 3. The molecule has 5 nitrogen and oxygen atoms in total. The van der Waals surface area contributed by atoms with Crippen LogP contribution in [-0.2, 0) is 0 Å². The molecule has 0 saturated heterocycles. The molecule has 2 aromatic rings. The highest BCUT2D eigenvalue weighted by atomic mass is 19.3. The zero-order valence-electron chi connectivity index (χ0n) is 11.7. The Bertz CT molecular complexity index is 623. The van der Waals surface area contributed by atoms with Gasteiger partial charge in [-0.2, -0.15) is 0 Å². The zero-order valence-corrected chi connectivity index (χ0v) is 11.7. The second kappa shape index (κ2) is 5.94. The SMILES string of the molecule is Fc1cc(-c2nnn[nH]2)ccc1OCC1CCC(F)(F)CC1. The molecular formula is C14H15F3N4O. The molecule has 0 atom stereocenters. The topological polar surface area (TPSA) is 63.7 Å². The molecule has 0 radical (unpaired) electrons. The third-order valence-corrected chi connectivity index (χ3v) is 3.86. The van der Waals surface area contributed by atoms with Crippen LogP contribution in [0.4, 0.5) is 13.2 Å². The van der Waals surface area contributed by atoms with Crippen molar-refractivity contribution >= 4 is 0 Å². The van der Waals surface area contributed by atoms with Crippen molar-refractivity contribution in [1.29, 1.82) is 0 Å². The van der Waals surface area contributed by atoms with Gasteiger partial charge in [-0.1, -0.05) is 0 Å². The summed E-state index contributed by atoms with van der Waals surface area (Å²) >= 11 is 0.